The van der Waals surface area contributed by atoms with Crippen LogP contribution >= 0.6 is 0 Å². The highest BCUT2D eigenvalue weighted by atomic mass is 16.5. The Morgan fingerprint density at radius 2 is 1.84 bits per heavy atom. The molecular weight excluding hydrogens is 396 g/mol. The van der Waals surface area contributed by atoms with Crippen molar-refractivity contribution in [1.29, 1.82) is 0 Å². The largest absolute Gasteiger partial charge is 0.476 e. The van der Waals surface area contributed by atoms with Crippen molar-refractivity contribution < 1.29 is 14.3 Å². The Bertz CT molecular complexity index is 1090. The molecule has 0 saturated carbocycles. The highest BCUT2D eigenvalue weighted by molar-refractivity contribution is 6.08. The van der Waals surface area contributed by atoms with Crippen molar-refractivity contribution in [2.75, 3.05) is 24.5 Å². The molecular formula is C22H22N6O3. The predicted octanol–water partition coefficient (Wildman–Crippen LogP) is 2.08. The second-order valence-corrected chi connectivity index (χ2v) is 7.68. The molecule has 1 atom stereocenters. The lowest BCUT2D eigenvalue weighted by Gasteiger charge is -2.37. The topological polar surface area (TPSA) is 93.5 Å². The van der Waals surface area contributed by atoms with E-state index in [2.05, 4.69) is 15.5 Å². The van der Waals surface area contributed by atoms with Gasteiger partial charge in [0.15, 0.2) is 6.10 Å². The van der Waals surface area contributed by atoms with Gasteiger partial charge in [-0.15, -0.1) is 5.10 Å². The molecule has 1 aromatic heterocycles. The fourth-order valence-corrected chi connectivity index (χ4v) is 4.09. The number of amides is 2. The SMILES string of the molecule is O=C([C@H]1CN(C(=O)c2cccc(-n3cnnn3)c2)c2ccccc2O1)N1CCCCC1. The van der Waals surface area contributed by atoms with Crippen molar-refractivity contribution in [3.8, 4) is 11.4 Å². The van der Waals surface area contributed by atoms with Crippen molar-refractivity contribution in [3.63, 3.8) is 0 Å². The van der Waals surface area contributed by atoms with E-state index in [0.717, 1.165) is 32.4 Å². The molecule has 2 aliphatic heterocycles. The average Bonchev–Trinajstić information content (AvgIpc) is 3.38. The van der Waals surface area contributed by atoms with Gasteiger partial charge in [0, 0.05) is 18.7 Å². The van der Waals surface area contributed by atoms with Crippen LogP contribution in [-0.4, -0.2) is 62.7 Å². The lowest BCUT2D eigenvalue weighted by atomic mass is 10.1. The minimum atomic E-state index is -0.723. The minimum Gasteiger partial charge on any atom is -0.476 e. The van der Waals surface area contributed by atoms with Crippen LogP contribution in [0.1, 0.15) is 29.6 Å². The number of fused-ring (bicyclic) bond motifs is 1. The predicted molar refractivity (Wildman–Crippen MR) is 112 cm³/mol. The molecule has 0 bridgehead atoms. The van der Waals surface area contributed by atoms with Crippen molar-refractivity contribution >= 4 is 17.5 Å². The van der Waals surface area contributed by atoms with Gasteiger partial charge < -0.3 is 14.5 Å². The summed E-state index contributed by atoms with van der Waals surface area (Å²) in [4.78, 5) is 30.1. The van der Waals surface area contributed by atoms with E-state index in [9.17, 15) is 9.59 Å². The summed E-state index contributed by atoms with van der Waals surface area (Å²) < 4.78 is 7.52. The summed E-state index contributed by atoms with van der Waals surface area (Å²) in [6.45, 7) is 1.64. The van der Waals surface area contributed by atoms with E-state index in [0.29, 0.717) is 22.7 Å². The summed E-state index contributed by atoms with van der Waals surface area (Å²) in [5, 5.41) is 11.2. The number of hydrogen-bond donors (Lipinski definition) is 0. The number of ether oxygens (including phenoxy) is 1. The van der Waals surface area contributed by atoms with Gasteiger partial charge in [-0.2, -0.15) is 0 Å². The molecule has 3 heterocycles. The van der Waals surface area contributed by atoms with E-state index >= 15 is 0 Å². The van der Waals surface area contributed by atoms with Crippen molar-refractivity contribution in [2.24, 2.45) is 0 Å². The summed E-state index contributed by atoms with van der Waals surface area (Å²) >= 11 is 0. The first-order valence-electron chi connectivity index (χ1n) is 10.4. The van der Waals surface area contributed by atoms with Gasteiger partial charge >= 0.3 is 0 Å². The molecule has 2 amide bonds. The van der Waals surface area contributed by atoms with Gasteiger partial charge in [-0.05, 0) is 60.0 Å². The molecule has 3 aromatic rings. The molecule has 9 heteroatoms. The number of nitrogens with zero attached hydrogens (tertiary/aromatic N) is 6. The number of rotatable bonds is 3. The van der Waals surface area contributed by atoms with Crippen LogP contribution in [0.15, 0.2) is 54.9 Å². The van der Waals surface area contributed by atoms with E-state index < -0.39 is 6.10 Å². The van der Waals surface area contributed by atoms with Gasteiger partial charge in [0.05, 0.1) is 17.9 Å². The number of hydrogen-bond acceptors (Lipinski definition) is 6. The third-order valence-corrected chi connectivity index (χ3v) is 5.67. The van der Waals surface area contributed by atoms with Crippen LogP contribution in [0.2, 0.25) is 0 Å². The maximum absolute atomic E-state index is 13.5. The number of piperidine rings is 1. The van der Waals surface area contributed by atoms with E-state index in [1.54, 1.807) is 29.2 Å². The summed E-state index contributed by atoms with van der Waals surface area (Å²) in [5.74, 6) is 0.269. The Morgan fingerprint density at radius 3 is 2.65 bits per heavy atom. The van der Waals surface area contributed by atoms with Crippen molar-refractivity contribution in [1.82, 2.24) is 25.1 Å². The number of likely N-dealkylation sites (tertiary alicyclic amines) is 1. The molecule has 0 aliphatic carbocycles. The minimum absolute atomic E-state index is 0.0607. The van der Waals surface area contributed by atoms with Crippen LogP contribution in [0.5, 0.6) is 5.75 Å². The number of anilines is 1. The molecule has 0 radical (unpaired) electrons. The smallest absolute Gasteiger partial charge is 0.265 e. The zero-order valence-corrected chi connectivity index (χ0v) is 16.9. The monoisotopic (exact) mass is 418 g/mol. The average molecular weight is 418 g/mol. The van der Waals surface area contributed by atoms with Crippen LogP contribution in [0.25, 0.3) is 5.69 Å². The standard InChI is InChI=1S/C22H22N6O3/c29-21(16-7-6-8-17(13-16)28-15-23-24-25-28)27-14-20(22(30)26-11-4-1-5-12-26)31-19-10-3-2-9-18(19)27/h2-3,6-10,13,15,20H,1,4-5,11-12,14H2/t20-/m1/s1. The Balaban J connectivity index is 1.45. The van der Waals surface area contributed by atoms with E-state index in [1.807, 2.05) is 29.2 Å². The maximum Gasteiger partial charge on any atom is 0.265 e. The number of carbonyl (C=O) groups is 2. The van der Waals surface area contributed by atoms with Crippen LogP contribution in [0.3, 0.4) is 0 Å². The first-order chi connectivity index (χ1) is 15.2. The number of aromatic nitrogens is 4. The number of tetrazole rings is 1. The second-order valence-electron chi connectivity index (χ2n) is 7.68. The number of benzene rings is 2. The Kier molecular flexibility index (Phi) is 5.07. The molecule has 5 rings (SSSR count). The molecule has 0 spiro atoms. The van der Waals surface area contributed by atoms with Crippen LogP contribution in [0.4, 0.5) is 5.69 Å². The van der Waals surface area contributed by atoms with Gasteiger partial charge in [0.25, 0.3) is 11.8 Å². The van der Waals surface area contributed by atoms with Gasteiger partial charge in [-0.1, -0.05) is 18.2 Å². The third-order valence-electron chi connectivity index (χ3n) is 5.67. The molecule has 9 nitrogen and oxygen atoms in total. The second kappa shape index (κ2) is 8.17. The Morgan fingerprint density at radius 1 is 1.00 bits per heavy atom. The highest BCUT2D eigenvalue weighted by Crippen LogP contribution is 2.34. The zero-order valence-electron chi connectivity index (χ0n) is 16.9. The third kappa shape index (κ3) is 3.74. The molecule has 1 fully saturated rings. The quantitative estimate of drug-likeness (QED) is 0.647. The van der Waals surface area contributed by atoms with E-state index in [-0.39, 0.29) is 18.4 Å². The number of carbonyl (C=O) groups excluding carboxylic acids is 2. The summed E-state index contributed by atoms with van der Waals surface area (Å²) in [6, 6.07) is 14.4. The van der Waals surface area contributed by atoms with Gasteiger partial charge in [0.1, 0.15) is 12.1 Å². The highest BCUT2D eigenvalue weighted by Gasteiger charge is 2.36. The molecule has 158 valence electrons. The fraction of sp³-hybridized carbons (Fsp3) is 0.318. The van der Waals surface area contributed by atoms with E-state index in [1.165, 1.54) is 11.0 Å². The van der Waals surface area contributed by atoms with Crippen LogP contribution in [-0.2, 0) is 4.79 Å². The zero-order chi connectivity index (χ0) is 21.2. The molecule has 0 unspecified atom stereocenters. The molecule has 31 heavy (non-hydrogen) atoms. The van der Waals surface area contributed by atoms with Crippen LogP contribution < -0.4 is 9.64 Å². The van der Waals surface area contributed by atoms with Crippen molar-refractivity contribution in [2.45, 2.75) is 25.4 Å². The van der Waals surface area contributed by atoms with Crippen molar-refractivity contribution in [3.05, 3.63) is 60.4 Å². The van der Waals surface area contributed by atoms with E-state index in [4.69, 9.17) is 4.74 Å². The fourth-order valence-electron chi connectivity index (χ4n) is 4.09. The Labute approximate surface area is 179 Å². The maximum atomic E-state index is 13.5. The lowest BCUT2D eigenvalue weighted by Crippen LogP contribution is -2.52. The Hall–Kier alpha value is -3.75. The molecule has 0 N–H and O–H groups in total. The molecule has 2 aromatic carbocycles. The lowest BCUT2D eigenvalue weighted by molar-refractivity contribution is -0.139. The molecule has 2 aliphatic rings. The summed E-state index contributed by atoms with van der Waals surface area (Å²) in [7, 11) is 0. The summed E-state index contributed by atoms with van der Waals surface area (Å²) in [5.41, 5.74) is 1.82. The van der Waals surface area contributed by atoms with Crippen LogP contribution in [0, 0.1) is 0 Å². The first-order valence-corrected chi connectivity index (χ1v) is 10.4. The van der Waals surface area contributed by atoms with Gasteiger partial charge in [-0.3, -0.25) is 9.59 Å². The number of para-hydroxylation sites is 2. The molecule has 1 saturated heterocycles. The van der Waals surface area contributed by atoms with Gasteiger partial charge in [0.2, 0.25) is 0 Å². The normalized spacial score (nSPS) is 18.3. The van der Waals surface area contributed by atoms with Gasteiger partial charge in [-0.25, -0.2) is 4.68 Å². The first kappa shape index (κ1) is 19.2. The summed E-state index contributed by atoms with van der Waals surface area (Å²) in [6.07, 6.45) is 3.89.